The maximum absolute atomic E-state index is 13.0. The van der Waals surface area contributed by atoms with E-state index in [0.29, 0.717) is 13.0 Å². The van der Waals surface area contributed by atoms with Crippen molar-refractivity contribution in [2.75, 3.05) is 19.6 Å². The molecule has 5 nitrogen and oxygen atoms in total. The number of piperidine rings is 1. The normalized spacial score (nSPS) is 20.0. The number of carbonyl (C=O) groups is 2. The lowest BCUT2D eigenvalue weighted by Gasteiger charge is -2.33. The number of rotatable bonds is 6. The van der Waals surface area contributed by atoms with Gasteiger partial charge in [-0.25, -0.2) is 0 Å². The van der Waals surface area contributed by atoms with E-state index in [9.17, 15) is 9.59 Å². The van der Waals surface area contributed by atoms with Gasteiger partial charge in [-0.15, -0.1) is 0 Å². The number of likely N-dealkylation sites (tertiary alicyclic amines) is 2. The van der Waals surface area contributed by atoms with Gasteiger partial charge in [0.1, 0.15) is 6.04 Å². The van der Waals surface area contributed by atoms with E-state index < -0.39 is 0 Å². The molecule has 2 aromatic rings. The topological polar surface area (TPSA) is 52.7 Å². The molecule has 0 radical (unpaired) electrons. The van der Waals surface area contributed by atoms with Crippen molar-refractivity contribution in [3.8, 4) is 0 Å². The number of benzene rings is 2. The molecule has 0 aromatic heterocycles. The number of hydrogen-bond donors (Lipinski definition) is 1. The minimum Gasteiger partial charge on any atom is -0.351 e. The summed E-state index contributed by atoms with van der Waals surface area (Å²) in [6.07, 6.45) is 3.86. The van der Waals surface area contributed by atoms with Gasteiger partial charge in [-0.3, -0.25) is 14.5 Å². The first-order valence-corrected chi connectivity index (χ1v) is 11.6. The van der Waals surface area contributed by atoms with Crippen LogP contribution in [-0.4, -0.2) is 53.3 Å². The second-order valence-electron chi connectivity index (χ2n) is 8.59. The molecule has 6 heteroatoms. The lowest BCUT2D eigenvalue weighted by molar-refractivity contribution is -0.138. The molecule has 0 bridgehead atoms. The molecule has 2 fully saturated rings. The van der Waals surface area contributed by atoms with Crippen molar-refractivity contribution in [3.63, 3.8) is 0 Å². The third kappa shape index (κ3) is 5.86. The zero-order valence-electron chi connectivity index (χ0n) is 17.8. The molecule has 1 N–H and O–H groups in total. The second-order valence-corrected chi connectivity index (χ2v) is 9.03. The van der Waals surface area contributed by atoms with Gasteiger partial charge in [0.2, 0.25) is 11.8 Å². The third-order valence-electron chi connectivity index (χ3n) is 6.33. The average Bonchev–Trinajstić information content (AvgIpc) is 3.28. The molecule has 2 saturated heterocycles. The molecule has 2 aliphatic rings. The Kier molecular flexibility index (Phi) is 7.25. The van der Waals surface area contributed by atoms with Crippen molar-refractivity contribution in [1.82, 2.24) is 15.1 Å². The van der Waals surface area contributed by atoms with E-state index in [4.69, 9.17) is 11.6 Å². The summed E-state index contributed by atoms with van der Waals surface area (Å²) in [7, 11) is 0. The predicted molar refractivity (Wildman–Crippen MR) is 123 cm³/mol. The Balaban J connectivity index is 1.25. The summed E-state index contributed by atoms with van der Waals surface area (Å²) in [6.45, 7) is 3.48. The molecule has 0 saturated carbocycles. The standard InChI is InChI=1S/C25H30ClN3O2/c26-21-10-8-20(9-11-21)18-28-15-12-22(13-16-28)27-25(31)23-7-4-14-29(23)24(30)17-19-5-2-1-3-6-19/h1-3,5-6,8-11,22-23H,4,7,12-18H2,(H,27,31). The molecule has 2 aromatic carbocycles. The van der Waals surface area contributed by atoms with Crippen LogP contribution in [0.5, 0.6) is 0 Å². The lowest BCUT2D eigenvalue weighted by Crippen LogP contribution is -2.51. The maximum atomic E-state index is 13.0. The van der Waals surface area contributed by atoms with Crippen LogP contribution in [0.1, 0.15) is 36.8 Å². The van der Waals surface area contributed by atoms with Gasteiger partial charge in [0.15, 0.2) is 0 Å². The van der Waals surface area contributed by atoms with Crippen LogP contribution in [0.25, 0.3) is 0 Å². The summed E-state index contributed by atoms with van der Waals surface area (Å²) in [5.41, 5.74) is 2.25. The summed E-state index contributed by atoms with van der Waals surface area (Å²) in [5, 5.41) is 3.98. The quantitative estimate of drug-likeness (QED) is 0.747. The highest BCUT2D eigenvalue weighted by Crippen LogP contribution is 2.21. The van der Waals surface area contributed by atoms with E-state index in [1.807, 2.05) is 42.5 Å². The zero-order valence-corrected chi connectivity index (χ0v) is 18.6. The van der Waals surface area contributed by atoms with Gasteiger partial charge < -0.3 is 10.2 Å². The van der Waals surface area contributed by atoms with Crippen molar-refractivity contribution < 1.29 is 9.59 Å². The average molecular weight is 440 g/mol. The van der Waals surface area contributed by atoms with Gasteiger partial charge in [-0.05, 0) is 48.9 Å². The Morgan fingerprint density at radius 3 is 2.32 bits per heavy atom. The van der Waals surface area contributed by atoms with E-state index in [1.54, 1.807) is 4.90 Å². The van der Waals surface area contributed by atoms with Crippen LogP contribution < -0.4 is 5.32 Å². The summed E-state index contributed by atoms with van der Waals surface area (Å²) >= 11 is 5.97. The van der Waals surface area contributed by atoms with Crippen LogP contribution >= 0.6 is 11.6 Å². The maximum Gasteiger partial charge on any atom is 0.243 e. The number of nitrogens with zero attached hydrogens (tertiary/aromatic N) is 2. The summed E-state index contributed by atoms with van der Waals surface area (Å²) < 4.78 is 0. The fraction of sp³-hybridized carbons (Fsp3) is 0.440. The number of halogens is 1. The molecule has 1 unspecified atom stereocenters. The van der Waals surface area contributed by atoms with Gasteiger partial charge in [-0.1, -0.05) is 54.1 Å². The van der Waals surface area contributed by atoms with E-state index in [1.165, 1.54) is 5.56 Å². The molecule has 1 atom stereocenters. The van der Waals surface area contributed by atoms with Crippen LogP contribution in [0.3, 0.4) is 0 Å². The van der Waals surface area contributed by atoms with Gasteiger partial charge in [0, 0.05) is 37.2 Å². The summed E-state index contributed by atoms with van der Waals surface area (Å²) in [4.78, 5) is 29.9. The molecule has 2 aliphatic heterocycles. The van der Waals surface area contributed by atoms with Crippen LogP contribution in [0.2, 0.25) is 5.02 Å². The van der Waals surface area contributed by atoms with Gasteiger partial charge in [0.25, 0.3) is 0 Å². The molecule has 2 amide bonds. The Morgan fingerprint density at radius 2 is 1.61 bits per heavy atom. The van der Waals surface area contributed by atoms with Crippen molar-refractivity contribution in [2.24, 2.45) is 0 Å². The molecule has 0 aliphatic carbocycles. The highest BCUT2D eigenvalue weighted by atomic mass is 35.5. The Hall–Kier alpha value is -2.37. The third-order valence-corrected chi connectivity index (χ3v) is 6.58. The summed E-state index contributed by atoms with van der Waals surface area (Å²) in [6, 6.07) is 17.6. The zero-order chi connectivity index (χ0) is 21.6. The van der Waals surface area contributed by atoms with E-state index in [0.717, 1.165) is 55.9 Å². The molecule has 0 spiro atoms. The first kappa shape index (κ1) is 21.8. The Bertz CT molecular complexity index is 879. The predicted octanol–water partition coefficient (Wildman–Crippen LogP) is 3.65. The van der Waals surface area contributed by atoms with Crippen molar-refractivity contribution >= 4 is 23.4 Å². The molecular formula is C25H30ClN3O2. The van der Waals surface area contributed by atoms with Gasteiger partial charge >= 0.3 is 0 Å². The highest BCUT2D eigenvalue weighted by molar-refractivity contribution is 6.30. The van der Waals surface area contributed by atoms with Crippen LogP contribution in [0, 0.1) is 0 Å². The number of carbonyl (C=O) groups excluding carboxylic acids is 2. The number of amides is 2. The first-order chi connectivity index (χ1) is 15.1. The first-order valence-electron chi connectivity index (χ1n) is 11.2. The van der Waals surface area contributed by atoms with Crippen LogP contribution in [0.4, 0.5) is 0 Å². The molecular weight excluding hydrogens is 410 g/mol. The smallest absolute Gasteiger partial charge is 0.243 e. The minimum atomic E-state index is -0.330. The number of hydrogen-bond acceptors (Lipinski definition) is 3. The minimum absolute atomic E-state index is 0.00932. The molecule has 4 rings (SSSR count). The van der Waals surface area contributed by atoms with E-state index >= 15 is 0 Å². The molecule has 31 heavy (non-hydrogen) atoms. The highest BCUT2D eigenvalue weighted by Gasteiger charge is 2.35. The summed E-state index contributed by atoms with van der Waals surface area (Å²) in [5.74, 6) is 0.0525. The molecule has 2 heterocycles. The van der Waals surface area contributed by atoms with Crippen molar-refractivity contribution in [3.05, 3.63) is 70.7 Å². The van der Waals surface area contributed by atoms with Gasteiger partial charge in [-0.2, -0.15) is 0 Å². The van der Waals surface area contributed by atoms with Crippen molar-refractivity contribution in [1.29, 1.82) is 0 Å². The fourth-order valence-electron chi connectivity index (χ4n) is 4.59. The largest absolute Gasteiger partial charge is 0.351 e. The fourth-order valence-corrected chi connectivity index (χ4v) is 4.72. The lowest BCUT2D eigenvalue weighted by atomic mass is 10.0. The number of nitrogens with one attached hydrogen (secondary N) is 1. The SMILES string of the molecule is O=C(NC1CCN(Cc2ccc(Cl)cc2)CC1)C1CCCN1C(=O)Cc1ccccc1. The Morgan fingerprint density at radius 1 is 0.903 bits per heavy atom. The second kappa shape index (κ2) is 10.3. The molecule has 164 valence electrons. The van der Waals surface area contributed by atoms with Crippen molar-refractivity contribution in [2.45, 2.75) is 50.7 Å². The van der Waals surface area contributed by atoms with E-state index in [-0.39, 0.29) is 23.9 Å². The monoisotopic (exact) mass is 439 g/mol. The Labute approximate surface area is 189 Å². The van der Waals surface area contributed by atoms with Crippen LogP contribution in [-0.2, 0) is 22.6 Å². The van der Waals surface area contributed by atoms with Crippen LogP contribution in [0.15, 0.2) is 54.6 Å². The van der Waals surface area contributed by atoms with Gasteiger partial charge in [0.05, 0.1) is 6.42 Å². The van der Waals surface area contributed by atoms with E-state index in [2.05, 4.69) is 22.3 Å².